The van der Waals surface area contributed by atoms with Crippen molar-refractivity contribution in [3.8, 4) is 0 Å². The first kappa shape index (κ1) is 49.1. The second kappa shape index (κ2) is 37.8. The second-order valence-corrected chi connectivity index (χ2v) is 16.8. The van der Waals surface area contributed by atoms with Gasteiger partial charge in [-0.3, -0.25) is 9.35 Å². The molecule has 0 aromatic carbocycles. The number of unbranched alkanes of at least 4 members (excludes halogenated alkanes) is 30. The highest BCUT2D eigenvalue weighted by Gasteiger charge is 2.26. The molecule has 0 aromatic rings. The number of aliphatic hydroxyl groups excluding tert-OH is 1. The van der Waals surface area contributed by atoms with Gasteiger partial charge in [0.25, 0.3) is 10.1 Å². The van der Waals surface area contributed by atoms with E-state index in [-0.39, 0.29) is 5.91 Å². The zero-order valence-corrected chi connectivity index (χ0v) is 34.1. The van der Waals surface area contributed by atoms with Crippen molar-refractivity contribution >= 4 is 16.0 Å². The van der Waals surface area contributed by atoms with Gasteiger partial charge in [0.1, 0.15) is 0 Å². The third kappa shape index (κ3) is 38.3. The first-order valence-electron chi connectivity index (χ1n) is 21.9. The number of aliphatic hydroxyl groups is 1. The van der Waals surface area contributed by atoms with Crippen molar-refractivity contribution < 1.29 is 22.9 Å². The van der Waals surface area contributed by atoms with E-state index in [2.05, 4.69) is 31.3 Å². The molecule has 0 spiro atoms. The van der Waals surface area contributed by atoms with Crippen LogP contribution in [0, 0.1) is 0 Å². The van der Waals surface area contributed by atoms with Crippen LogP contribution in [0.25, 0.3) is 0 Å². The zero-order valence-electron chi connectivity index (χ0n) is 33.3. The minimum Gasteiger partial charge on any atom is -0.391 e. The van der Waals surface area contributed by atoms with E-state index in [0.29, 0.717) is 12.8 Å². The summed E-state index contributed by atoms with van der Waals surface area (Å²) in [6.07, 6.45) is 45.9. The third-order valence-corrected chi connectivity index (χ3v) is 11.0. The van der Waals surface area contributed by atoms with Gasteiger partial charge in [-0.2, -0.15) is 8.42 Å². The predicted octanol–water partition coefficient (Wildman–Crippen LogP) is 13.0. The molecule has 0 heterocycles. The lowest BCUT2D eigenvalue weighted by Crippen LogP contribution is -2.47. The summed E-state index contributed by atoms with van der Waals surface area (Å²) in [5, 5.41) is 13.4. The fraction of sp³-hybridized carbons (Fsp3) is 0.930. The molecule has 0 radical (unpaired) electrons. The Morgan fingerprint density at radius 1 is 0.520 bits per heavy atom. The van der Waals surface area contributed by atoms with E-state index in [4.69, 9.17) is 0 Å². The zero-order chi connectivity index (χ0) is 36.8. The quantitative estimate of drug-likeness (QED) is 0.0331. The standard InChI is InChI=1S/C43H85NO5S/c1-3-5-7-9-11-13-15-17-19-21-23-24-26-28-30-32-34-36-38-42(45)41(40-50(47,48)49)44-43(46)39-37-35-33-31-29-27-25-22-20-18-16-14-12-10-8-6-4-2/h18,20,41-42,45H,3-17,19,21-40H2,1-2H3,(H,44,46)(H,47,48,49)/b20-18-. The average molecular weight is 728 g/mol. The fourth-order valence-corrected chi connectivity index (χ4v) is 7.68. The Kier molecular flexibility index (Phi) is 37.1. The van der Waals surface area contributed by atoms with Gasteiger partial charge in [-0.05, 0) is 38.5 Å². The van der Waals surface area contributed by atoms with Crippen LogP contribution in [0.2, 0.25) is 0 Å². The molecular formula is C43H85NO5S. The monoisotopic (exact) mass is 728 g/mol. The predicted molar refractivity (Wildman–Crippen MR) is 216 cm³/mol. The number of allylic oxidation sites excluding steroid dienone is 2. The minimum absolute atomic E-state index is 0.247. The number of hydrogen-bond donors (Lipinski definition) is 3. The van der Waals surface area contributed by atoms with Crippen LogP contribution in [0.1, 0.15) is 239 Å². The molecule has 1 amide bonds. The van der Waals surface area contributed by atoms with Gasteiger partial charge in [-0.25, -0.2) is 0 Å². The van der Waals surface area contributed by atoms with Gasteiger partial charge >= 0.3 is 0 Å². The summed E-state index contributed by atoms with van der Waals surface area (Å²) >= 11 is 0. The molecule has 3 N–H and O–H groups in total. The van der Waals surface area contributed by atoms with Gasteiger partial charge in [0.2, 0.25) is 5.91 Å². The maximum Gasteiger partial charge on any atom is 0.266 e. The first-order valence-corrected chi connectivity index (χ1v) is 23.5. The topological polar surface area (TPSA) is 104 Å². The molecule has 0 fully saturated rings. The lowest BCUT2D eigenvalue weighted by molar-refractivity contribution is -0.122. The van der Waals surface area contributed by atoms with Crippen molar-refractivity contribution in [2.45, 2.75) is 251 Å². The SMILES string of the molecule is CCCCCCCC/C=C\CCCCCCCCCC(=O)NC(CS(=O)(=O)O)C(O)CCCCCCCCCCCCCCCCCCCC. The molecule has 0 aliphatic heterocycles. The normalized spacial score (nSPS) is 13.3. The molecule has 2 atom stereocenters. The van der Waals surface area contributed by atoms with E-state index in [1.807, 2.05) is 0 Å². The molecule has 0 aliphatic carbocycles. The highest BCUT2D eigenvalue weighted by molar-refractivity contribution is 7.85. The highest BCUT2D eigenvalue weighted by atomic mass is 32.2. The molecule has 7 heteroatoms. The Morgan fingerprint density at radius 2 is 0.840 bits per heavy atom. The van der Waals surface area contributed by atoms with Crippen LogP contribution in [0.3, 0.4) is 0 Å². The molecule has 50 heavy (non-hydrogen) atoms. The second-order valence-electron chi connectivity index (χ2n) is 15.3. The van der Waals surface area contributed by atoms with Gasteiger partial charge < -0.3 is 10.4 Å². The molecule has 0 saturated carbocycles. The number of carbonyl (C=O) groups excluding carboxylic acids is 1. The van der Waals surface area contributed by atoms with Crippen LogP contribution in [-0.2, 0) is 14.9 Å². The van der Waals surface area contributed by atoms with Gasteiger partial charge in [0.15, 0.2) is 0 Å². The summed E-state index contributed by atoms with van der Waals surface area (Å²) in [6.45, 7) is 4.53. The van der Waals surface area contributed by atoms with E-state index >= 15 is 0 Å². The van der Waals surface area contributed by atoms with Crippen LogP contribution in [0.5, 0.6) is 0 Å². The van der Waals surface area contributed by atoms with Crippen molar-refractivity contribution in [1.82, 2.24) is 5.32 Å². The molecule has 0 aliphatic rings. The van der Waals surface area contributed by atoms with Crippen molar-refractivity contribution in [2.75, 3.05) is 5.75 Å². The first-order chi connectivity index (χ1) is 24.3. The Labute approximate surface area is 312 Å². The Bertz CT molecular complexity index is 846. The number of nitrogens with one attached hydrogen (secondary N) is 1. The van der Waals surface area contributed by atoms with Crippen LogP contribution in [0.4, 0.5) is 0 Å². The summed E-state index contributed by atoms with van der Waals surface area (Å²) in [5.41, 5.74) is 0. The van der Waals surface area contributed by atoms with E-state index < -0.39 is 28.0 Å². The summed E-state index contributed by atoms with van der Waals surface area (Å²) < 4.78 is 32.6. The highest BCUT2D eigenvalue weighted by Crippen LogP contribution is 2.16. The summed E-state index contributed by atoms with van der Waals surface area (Å²) in [5.74, 6) is -0.893. The molecule has 2 unspecified atom stereocenters. The average Bonchev–Trinajstić information content (AvgIpc) is 3.08. The smallest absolute Gasteiger partial charge is 0.266 e. The van der Waals surface area contributed by atoms with Crippen molar-refractivity contribution in [3.05, 3.63) is 12.2 Å². The van der Waals surface area contributed by atoms with E-state index in [9.17, 15) is 22.9 Å². The van der Waals surface area contributed by atoms with Crippen molar-refractivity contribution in [3.63, 3.8) is 0 Å². The molecule has 6 nitrogen and oxygen atoms in total. The number of carbonyl (C=O) groups is 1. The molecule has 298 valence electrons. The van der Waals surface area contributed by atoms with Gasteiger partial charge in [-0.1, -0.05) is 206 Å². The van der Waals surface area contributed by atoms with Crippen LogP contribution >= 0.6 is 0 Å². The Morgan fingerprint density at radius 3 is 1.20 bits per heavy atom. The van der Waals surface area contributed by atoms with Gasteiger partial charge in [-0.15, -0.1) is 0 Å². The van der Waals surface area contributed by atoms with Crippen molar-refractivity contribution in [1.29, 1.82) is 0 Å². The van der Waals surface area contributed by atoms with E-state index in [1.54, 1.807) is 0 Å². The molecular weight excluding hydrogens is 643 g/mol. The van der Waals surface area contributed by atoms with Crippen molar-refractivity contribution in [2.24, 2.45) is 0 Å². The Balaban J connectivity index is 3.82. The number of hydrogen-bond acceptors (Lipinski definition) is 4. The Hall–Kier alpha value is -0.920. The summed E-state index contributed by atoms with van der Waals surface area (Å²) in [6, 6.07) is -0.969. The molecule has 0 saturated heterocycles. The van der Waals surface area contributed by atoms with Crippen LogP contribution in [0.15, 0.2) is 12.2 Å². The fourth-order valence-electron chi connectivity index (χ4n) is 6.92. The molecule has 0 bridgehead atoms. The third-order valence-electron chi connectivity index (χ3n) is 10.2. The molecule has 0 rings (SSSR count). The summed E-state index contributed by atoms with van der Waals surface area (Å²) in [7, 11) is -4.31. The van der Waals surface area contributed by atoms with Gasteiger partial charge in [0.05, 0.1) is 17.9 Å². The minimum atomic E-state index is -4.31. The number of amides is 1. The van der Waals surface area contributed by atoms with Gasteiger partial charge in [0, 0.05) is 6.42 Å². The largest absolute Gasteiger partial charge is 0.391 e. The summed E-state index contributed by atoms with van der Waals surface area (Å²) in [4.78, 5) is 12.5. The van der Waals surface area contributed by atoms with E-state index in [1.165, 1.54) is 173 Å². The number of rotatable bonds is 40. The van der Waals surface area contributed by atoms with Crippen LogP contribution < -0.4 is 5.32 Å². The maximum atomic E-state index is 12.5. The lowest BCUT2D eigenvalue weighted by atomic mass is 10.0. The van der Waals surface area contributed by atoms with Crippen LogP contribution in [-0.4, -0.2) is 41.9 Å². The maximum absolute atomic E-state index is 12.5. The molecule has 0 aromatic heterocycles. The van der Waals surface area contributed by atoms with E-state index in [0.717, 1.165) is 38.5 Å². The lowest BCUT2D eigenvalue weighted by Gasteiger charge is -2.23.